The molecule has 0 aliphatic rings. The minimum Gasteiger partial charge on any atom is -0.346 e. The number of hydrogen-bond acceptors (Lipinski definition) is 3. The number of H-pyrrole nitrogens is 1. The Morgan fingerprint density at radius 2 is 2.46 bits per heavy atom. The summed E-state index contributed by atoms with van der Waals surface area (Å²) < 4.78 is 0. The molecule has 1 heterocycles. The lowest BCUT2D eigenvalue weighted by molar-refractivity contribution is 0.0916. The molecule has 0 aliphatic carbocycles. The van der Waals surface area contributed by atoms with Crippen LogP contribution in [0.15, 0.2) is 12.4 Å². The number of amides is 1. The number of nitrogens with two attached hydrogens (primary N) is 1. The van der Waals surface area contributed by atoms with E-state index in [1.807, 2.05) is 13.8 Å². The van der Waals surface area contributed by atoms with Gasteiger partial charge in [-0.2, -0.15) is 5.10 Å². The first-order valence-electron chi connectivity index (χ1n) is 4.06. The van der Waals surface area contributed by atoms with Gasteiger partial charge in [-0.15, -0.1) is 0 Å². The van der Waals surface area contributed by atoms with Crippen LogP contribution < -0.4 is 11.1 Å². The Hall–Kier alpha value is -1.36. The van der Waals surface area contributed by atoms with Crippen molar-refractivity contribution in [2.45, 2.75) is 19.4 Å². The predicted octanol–water partition coefficient (Wildman–Crippen LogP) is -0.123. The summed E-state index contributed by atoms with van der Waals surface area (Å²) in [5, 5.41) is 9.04. The maximum Gasteiger partial charge on any atom is 0.254 e. The Morgan fingerprint density at radius 3 is 2.92 bits per heavy atom. The lowest BCUT2D eigenvalue weighted by Gasteiger charge is -2.23. The summed E-state index contributed by atoms with van der Waals surface area (Å²) in [5.41, 5.74) is 5.60. The van der Waals surface area contributed by atoms with E-state index in [9.17, 15) is 4.79 Å². The Bertz CT molecular complexity index is 278. The van der Waals surface area contributed by atoms with Gasteiger partial charge in [0.25, 0.3) is 5.91 Å². The number of hydrogen-bond donors (Lipinski definition) is 3. The van der Waals surface area contributed by atoms with E-state index in [0.29, 0.717) is 12.1 Å². The molecule has 0 saturated carbocycles. The molecule has 0 aliphatic heterocycles. The van der Waals surface area contributed by atoms with Gasteiger partial charge in [-0.25, -0.2) is 0 Å². The van der Waals surface area contributed by atoms with E-state index < -0.39 is 0 Å². The lowest BCUT2D eigenvalue weighted by atomic mass is 10.1. The summed E-state index contributed by atoms with van der Waals surface area (Å²) in [4.78, 5) is 11.5. The van der Waals surface area contributed by atoms with E-state index in [4.69, 9.17) is 5.73 Å². The van der Waals surface area contributed by atoms with E-state index in [2.05, 4.69) is 15.5 Å². The first-order valence-corrected chi connectivity index (χ1v) is 4.06. The van der Waals surface area contributed by atoms with Crippen molar-refractivity contribution in [2.75, 3.05) is 6.54 Å². The van der Waals surface area contributed by atoms with Gasteiger partial charge in [0.15, 0.2) is 0 Å². The van der Waals surface area contributed by atoms with Gasteiger partial charge in [-0.05, 0) is 13.8 Å². The monoisotopic (exact) mass is 182 g/mol. The van der Waals surface area contributed by atoms with Gasteiger partial charge in [-0.3, -0.25) is 9.89 Å². The zero-order valence-electron chi connectivity index (χ0n) is 7.79. The minimum atomic E-state index is -0.381. The largest absolute Gasteiger partial charge is 0.346 e. The van der Waals surface area contributed by atoms with Crippen LogP contribution in [0.3, 0.4) is 0 Å². The third-order valence-electron chi connectivity index (χ3n) is 1.72. The zero-order chi connectivity index (χ0) is 9.90. The standard InChI is InChI=1S/C8H14N4O/c1-8(2,5-9)12-7(13)6-3-10-11-4-6/h3-4H,5,9H2,1-2H3,(H,10,11)(H,12,13). The molecule has 0 aromatic carbocycles. The van der Waals surface area contributed by atoms with Crippen molar-refractivity contribution in [1.29, 1.82) is 0 Å². The molecule has 0 atom stereocenters. The van der Waals surface area contributed by atoms with Gasteiger partial charge in [-0.1, -0.05) is 0 Å². The SMILES string of the molecule is CC(C)(CN)NC(=O)c1cn[nH]c1. The topological polar surface area (TPSA) is 83.8 Å². The van der Waals surface area contributed by atoms with Crippen molar-refractivity contribution in [2.24, 2.45) is 5.73 Å². The van der Waals surface area contributed by atoms with Gasteiger partial charge in [0.1, 0.15) is 0 Å². The number of aromatic amines is 1. The minimum absolute atomic E-state index is 0.163. The van der Waals surface area contributed by atoms with Crippen molar-refractivity contribution < 1.29 is 4.79 Å². The molecule has 5 nitrogen and oxygen atoms in total. The Balaban J connectivity index is 2.61. The molecule has 0 saturated heterocycles. The summed E-state index contributed by atoms with van der Waals surface area (Å²) in [6.07, 6.45) is 3.02. The molecule has 5 heteroatoms. The van der Waals surface area contributed by atoms with Gasteiger partial charge >= 0.3 is 0 Å². The number of nitrogens with one attached hydrogen (secondary N) is 2. The molecule has 0 fully saturated rings. The number of aromatic nitrogens is 2. The summed E-state index contributed by atoms with van der Waals surface area (Å²) in [6, 6.07) is 0. The molecule has 0 bridgehead atoms. The predicted molar refractivity (Wildman–Crippen MR) is 49.2 cm³/mol. The number of carbonyl (C=O) groups is 1. The van der Waals surface area contributed by atoms with Crippen LogP contribution in [0.5, 0.6) is 0 Å². The first kappa shape index (κ1) is 9.73. The van der Waals surface area contributed by atoms with Crippen molar-refractivity contribution in [3.05, 3.63) is 18.0 Å². The maximum atomic E-state index is 11.5. The van der Waals surface area contributed by atoms with Crippen LogP contribution in [-0.2, 0) is 0 Å². The fourth-order valence-corrected chi connectivity index (χ4v) is 0.806. The summed E-state index contributed by atoms with van der Waals surface area (Å²) in [5.74, 6) is -0.163. The summed E-state index contributed by atoms with van der Waals surface area (Å²) in [6.45, 7) is 4.13. The van der Waals surface area contributed by atoms with E-state index >= 15 is 0 Å². The highest BCUT2D eigenvalue weighted by Crippen LogP contribution is 2.01. The molecule has 0 spiro atoms. The Kier molecular flexibility index (Phi) is 2.67. The third kappa shape index (κ3) is 2.55. The molecular formula is C8H14N4O. The second-order valence-electron chi connectivity index (χ2n) is 3.53. The van der Waals surface area contributed by atoms with Crippen LogP contribution in [0.4, 0.5) is 0 Å². The van der Waals surface area contributed by atoms with E-state index in [0.717, 1.165) is 0 Å². The molecule has 0 radical (unpaired) electrons. The second kappa shape index (κ2) is 3.57. The first-order chi connectivity index (χ1) is 6.05. The van der Waals surface area contributed by atoms with Crippen molar-refractivity contribution in [1.82, 2.24) is 15.5 Å². The van der Waals surface area contributed by atoms with E-state index in [1.54, 1.807) is 6.20 Å². The van der Waals surface area contributed by atoms with Crippen LogP contribution in [0, 0.1) is 0 Å². The Labute approximate surface area is 76.7 Å². The highest BCUT2D eigenvalue weighted by molar-refractivity contribution is 5.94. The molecule has 0 unspecified atom stereocenters. The lowest BCUT2D eigenvalue weighted by Crippen LogP contribution is -2.48. The van der Waals surface area contributed by atoms with Gasteiger partial charge in [0.2, 0.25) is 0 Å². The number of rotatable bonds is 3. The van der Waals surface area contributed by atoms with E-state index in [-0.39, 0.29) is 11.4 Å². The van der Waals surface area contributed by atoms with Crippen LogP contribution >= 0.6 is 0 Å². The smallest absolute Gasteiger partial charge is 0.254 e. The zero-order valence-corrected chi connectivity index (χ0v) is 7.79. The molecule has 1 rings (SSSR count). The van der Waals surface area contributed by atoms with Crippen molar-refractivity contribution >= 4 is 5.91 Å². The second-order valence-corrected chi connectivity index (χ2v) is 3.53. The van der Waals surface area contributed by atoms with Crippen LogP contribution in [0.2, 0.25) is 0 Å². The number of nitrogens with zero attached hydrogens (tertiary/aromatic N) is 1. The van der Waals surface area contributed by atoms with Gasteiger partial charge in [0.05, 0.1) is 11.8 Å². The molecular weight excluding hydrogens is 168 g/mol. The highest BCUT2D eigenvalue weighted by Gasteiger charge is 2.19. The normalized spacial score (nSPS) is 11.3. The third-order valence-corrected chi connectivity index (χ3v) is 1.72. The van der Waals surface area contributed by atoms with Gasteiger partial charge in [0, 0.05) is 18.3 Å². The molecule has 1 amide bonds. The van der Waals surface area contributed by atoms with Crippen LogP contribution in [-0.4, -0.2) is 28.2 Å². The van der Waals surface area contributed by atoms with Crippen molar-refractivity contribution in [3.63, 3.8) is 0 Å². The molecule has 4 N–H and O–H groups in total. The maximum absolute atomic E-state index is 11.5. The van der Waals surface area contributed by atoms with Crippen LogP contribution in [0.25, 0.3) is 0 Å². The number of carbonyl (C=O) groups excluding carboxylic acids is 1. The Morgan fingerprint density at radius 1 is 1.77 bits per heavy atom. The summed E-state index contributed by atoms with van der Waals surface area (Å²) >= 11 is 0. The van der Waals surface area contributed by atoms with E-state index in [1.165, 1.54) is 6.20 Å². The highest BCUT2D eigenvalue weighted by atomic mass is 16.1. The molecule has 72 valence electrons. The quantitative estimate of drug-likeness (QED) is 0.609. The van der Waals surface area contributed by atoms with Gasteiger partial charge < -0.3 is 11.1 Å². The molecule has 13 heavy (non-hydrogen) atoms. The average Bonchev–Trinajstić information content (AvgIpc) is 2.55. The molecule has 1 aromatic heterocycles. The summed E-state index contributed by atoms with van der Waals surface area (Å²) in [7, 11) is 0. The molecule has 1 aromatic rings. The average molecular weight is 182 g/mol. The fraction of sp³-hybridized carbons (Fsp3) is 0.500. The van der Waals surface area contributed by atoms with Crippen molar-refractivity contribution in [3.8, 4) is 0 Å². The van der Waals surface area contributed by atoms with Crippen LogP contribution in [0.1, 0.15) is 24.2 Å². The fourth-order valence-electron chi connectivity index (χ4n) is 0.806.